The lowest BCUT2D eigenvalue weighted by Crippen LogP contribution is -2.38. The smallest absolute Gasteiger partial charge is 0.307 e. The van der Waals surface area contributed by atoms with E-state index < -0.39 is 34.0 Å². The van der Waals surface area contributed by atoms with Crippen LogP contribution in [0.4, 0.5) is 0 Å². The number of rotatable bonds is 5. The molecule has 0 radical (unpaired) electrons. The highest BCUT2D eigenvalue weighted by molar-refractivity contribution is 7.84. The molecule has 0 aromatic heterocycles. The van der Waals surface area contributed by atoms with E-state index in [2.05, 4.69) is 5.32 Å². The van der Waals surface area contributed by atoms with Gasteiger partial charge in [-0.25, -0.2) is 0 Å². The zero-order valence-electron chi connectivity index (χ0n) is 10.5. The summed E-state index contributed by atoms with van der Waals surface area (Å²) in [5, 5.41) is 11.7. The summed E-state index contributed by atoms with van der Waals surface area (Å²) < 4.78 is 11.0. The molecule has 1 saturated carbocycles. The SMILES string of the molecule is CC(CS(C)=O)NC(=O)[C@H]1[C@@H](C(=O)O)C1(C)C. The van der Waals surface area contributed by atoms with Crippen LogP contribution in [0.1, 0.15) is 20.8 Å². The Hall–Kier alpha value is -0.910. The summed E-state index contributed by atoms with van der Waals surface area (Å²) in [6.07, 6.45) is 1.57. The number of carbonyl (C=O) groups excluding carboxylic acids is 1. The second kappa shape index (κ2) is 4.76. The molecule has 6 heteroatoms. The van der Waals surface area contributed by atoms with Crippen molar-refractivity contribution in [3.8, 4) is 0 Å². The van der Waals surface area contributed by atoms with Crippen molar-refractivity contribution < 1.29 is 18.9 Å². The number of carboxylic acids is 1. The number of nitrogens with one attached hydrogen (secondary N) is 1. The van der Waals surface area contributed by atoms with Crippen molar-refractivity contribution in [3.63, 3.8) is 0 Å². The average molecular weight is 261 g/mol. The molecule has 4 atom stereocenters. The predicted molar refractivity (Wildman–Crippen MR) is 64.9 cm³/mol. The number of aliphatic carboxylic acids is 1. The Bertz CT molecular complexity index is 366. The van der Waals surface area contributed by atoms with Gasteiger partial charge < -0.3 is 10.4 Å². The quantitative estimate of drug-likeness (QED) is 0.742. The third-order valence-corrected chi connectivity index (χ3v) is 4.22. The Balaban J connectivity index is 2.56. The molecule has 1 aliphatic rings. The standard InChI is InChI=1S/C11H19NO4S/c1-6(5-17(4)16)12-9(13)7-8(10(14)15)11(7,2)3/h6-8H,5H2,1-4H3,(H,12,13)(H,14,15)/t6?,7-,8+,17?/m1/s1. The van der Waals surface area contributed by atoms with E-state index in [1.54, 1.807) is 27.0 Å². The number of carbonyl (C=O) groups is 2. The van der Waals surface area contributed by atoms with Crippen molar-refractivity contribution in [1.29, 1.82) is 0 Å². The van der Waals surface area contributed by atoms with Crippen LogP contribution in [0.2, 0.25) is 0 Å². The highest BCUT2D eigenvalue weighted by atomic mass is 32.2. The lowest BCUT2D eigenvalue weighted by atomic mass is 10.1. The van der Waals surface area contributed by atoms with Crippen LogP contribution in [-0.2, 0) is 20.4 Å². The summed E-state index contributed by atoms with van der Waals surface area (Å²) in [6.45, 7) is 5.32. The lowest BCUT2D eigenvalue weighted by Gasteiger charge is -2.12. The number of carboxylic acid groups (broad SMARTS) is 1. The minimum atomic E-state index is -0.973. The van der Waals surface area contributed by atoms with Crippen LogP contribution in [0.15, 0.2) is 0 Å². The summed E-state index contributed by atoms with van der Waals surface area (Å²) in [5.41, 5.74) is -0.485. The van der Waals surface area contributed by atoms with E-state index in [1.807, 2.05) is 0 Å². The van der Waals surface area contributed by atoms with Gasteiger partial charge in [0.25, 0.3) is 0 Å². The van der Waals surface area contributed by atoms with E-state index in [9.17, 15) is 13.8 Å². The third kappa shape index (κ3) is 3.06. The Kier molecular flexibility index (Phi) is 3.96. The summed E-state index contributed by atoms with van der Waals surface area (Å²) in [6, 6.07) is -0.195. The van der Waals surface area contributed by atoms with Gasteiger partial charge in [-0.2, -0.15) is 0 Å². The number of amides is 1. The van der Waals surface area contributed by atoms with Crippen molar-refractivity contribution in [1.82, 2.24) is 5.32 Å². The fraction of sp³-hybridized carbons (Fsp3) is 0.818. The van der Waals surface area contributed by atoms with E-state index in [1.165, 1.54) is 0 Å². The molecule has 17 heavy (non-hydrogen) atoms. The highest BCUT2D eigenvalue weighted by Gasteiger charge is 2.65. The highest BCUT2D eigenvalue weighted by Crippen LogP contribution is 2.58. The van der Waals surface area contributed by atoms with Crippen LogP contribution < -0.4 is 5.32 Å². The van der Waals surface area contributed by atoms with Gasteiger partial charge in [-0.3, -0.25) is 13.8 Å². The second-order valence-electron chi connectivity index (χ2n) is 5.26. The first kappa shape index (κ1) is 14.2. The molecular formula is C11H19NO4S. The van der Waals surface area contributed by atoms with E-state index in [-0.39, 0.29) is 11.9 Å². The van der Waals surface area contributed by atoms with Crippen LogP contribution in [0.25, 0.3) is 0 Å². The first-order valence-corrected chi connectivity index (χ1v) is 7.23. The molecule has 0 spiro atoms. The summed E-state index contributed by atoms with van der Waals surface area (Å²) in [4.78, 5) is 22.8. The summed E-state index contributed by atoms with van der Waals surface area (Å²) in [5.74, 6) is -1.88. The van der Waals surface area contributed by atoms with Gasteiger partial charge in [-0.1, -0.05) is 13.8 Å². The molecular weight excluding hydrogens is 242 g/mol. The van der Waals surface area contributed by atoms with Gasteiger partial charge >= 0.3 is 5.97 Å². The molecule has 5 nitrogen and oxygen atoms in total. The first-order chi connectivity index (χ1) is 7.67. The average Bonchev–Trinajstić information content (AvgIpc) is 2.66. The zero-order chi connectivity index (χ0) is 13.4. The number of hydrogen-bond acceptors (Lipinski definition) is 3. The Morgan fingerprint density at radius 1 is 1.41 bits per heavy atom. The van der Waals surface area contributed by atoms with Crippen molar-refractivity contribution in [2.75, 3.05) is 12.0 Å². The van der Waals surface area contributed by atoms with E-state index >= 15 is 0 Å². The fourth-order valence-corrected chi connectivity index (χ4v) is 3.10. The maximum Gasteiger partial charge on any atom is 0.307 e. The normalized spacial score (nSPS) is 29.2. The van der Waals surface area contributed by atoms with Crippen molar-refractivity contribution >= 4 is 22.7 Å². The molecule has 1 aliphatic carbocycles. The van der Waals surface area contributed by atoms with Gasteiger partial charge in [0, 0.05) is 28.9 Å². The molecule has 0 aromatic carbocycles. The summed E-state index contributed by atoms with van der Waals surface area (Å²) in [7, 11) is -0.973. The molecule has 2 unspecified atom stereocenters. The monoisotopic (exact) mass is 261 g/mol. The predicted octanol–water partition coefficient (Wildman–Crippen LogP) is 0.226. The fourth-order valence-electron chi connectivity index (χ4n) is 2.31. The van der Waals surface area contributed by atoms with Gasteiger partial charge in [0.15, 0.2) is 0 Å². The van der Waals surface area contributed by atoms with Crippen molar-refractivity contribution in [3.05, 3.63) is 0 Å². The Morgan fingerprint density at radius 3 is 2.29 bits per heavy atom. The Labute approximate surface area is 103 Å². The molecule has 1 rings (SSSR count). The maximum atomic E-state index is 11.9. The van der Waals surface area contributed by atoms with Crippen molar-refractivity contribution in [2.24, 2.45) is 17.3 Å². The lowest BCUT2D eigenvalue weighted by molar-refractivity contribution is -0.140. The number of hydrogen-bond donors (Lipinski definition) is 2. The molecule has 1 fully saturated rings. The van der Waals surface area contributed by atoms with Gasteiger partial charge in [-0.05, 0) is 12.3 Å². The minimum absolute atomic E-state index is 0.195. The van der Waals surface area contributed by atoms with Crippen molar-refractivity contribution in [2.45, 2.75) is 26.8 Å². The molecule has 2 N–H and O–H groups in total. The summed E-state index contributed by atoms with van der Waals surface area (Å²) >= 11 is 0. The minimum Gasteiger partial charge on any atom is -0.481 e. The molecule has 98 valence electrons. The molecule has 1 amide bonds. The Morgan fingerprint density at radius 2 is 1.94 bits per heavy atom. The molecule has 0 aromatic rings. The van der Waals surface area contributed by atoms with E-state index in [0.29, 0.717) is 5.75 Å². The molecule has 0 heterocycles. The van der Waals surface area contributed by atoms with Gasteiger partial charge in [0.2, 0.25) is 5.91 Å². The molecule has 0 bridgehead atoms. The zero-order valence-corrected chi connectivity index (χ0v) is 11.3. The largest absolute Gasteiger partial charge is 0.481 e. The van der Waals surface area contributed by atoms with Crippen LogP contribution in [-0.4, -0.2) is 39.2 Å². The van der Waals surface area contributed by atoms with Crippen LogP contribution in [0.5, 0.6) is 0 Å². The maximum absolute atomic E-state index is 11.9. The van der Waals surface area contributed by atoms with Crippen LogP contribution in [0.3, 0.4) is 0 Å². The molecule has 0 saturated heterocycles. The van der Waals surface area contributed by atoms with E-state index in [4.69, 9.17) is 5.11 Å². The van der Waals surface area contributed by atoms with Crippen LogP contribution in [0, 0.1) is 17.3 Å². The van der Waals surface area contributed by atoms with Gasteiger partial charge in [0.05, 0.1) is 11.8 Å². The topological polar surface area (TPSA) is 83.5 Å². The van der Waals surface area contributed by atoms with Gasteiger partial charge in [0.1, 0.15) is 0 Å². The third-order valence-electron chi connectivity index (χ3n) is 3.25. The van der Waals surface area contributed by atoms with Gasteiger partial charge in [-0.15, -0.1) is 0 Å². The molecule has 0 aliphatic heterocycles. The van der Waals surface area contributed by atoms with E-state index in [0.717, 1.165) is 0 Å². The van der Waals surface area contributed by atoms with Crippen LogP contribution >= 0.6 is 0 Å². The first-order valence-electron chi connectivity index (χ1n) is 5.51. The second-order valence-corrected chi connectivity index (χ2v) is 6.74.